The van der Waals surface area contributed by atoms with Gasteiger partial charge in [-0.05, 0) is 40.0 Å². The number of ether oxygens (including phenoxy) is 6. The Hall–Kier alpha value is -2.39. The van der Waals surface area contributed by atoms with Gasteiger partial charge in [0.15, 0.2) is 18.4 Å². The molecule has 61 heavy (non-hydrogen) atoms. The van der Waals surface area contributed by atoms with Gasteiger partial charge in [-0.1, -0.05) is 81.5 Å². The van der Waals surface area contributed by atoms with Gasteiger partial charge in [-0.15, -0.1) is 0 Å². The highest BCUT2D eigenvalue weighted by molar-refractivity contribution is 5.70. The number of rotatable bonds is 4. The molecule has 0 aromatic rings. The summed E-state index contributed by atoms with van der Waals surface area (Å²) in [6.07, 6.45) is 4.68. The van der Waals surface area contributed by atoms with E-state index in [2.05, 4.69) is 0 Å². The van der Waals surface area contributed by atoms with E-state index in [0.717, 1.165) is 0 Å². The number of allylic oxidation sites excluding steroid dienone is 8. The summed E-state index contributed by atoms with van der Waals surface area (Å²) in [7, 11) is 0. The predicted molar refractivity (Wildman–Crippen MR) is 224 cm³/mol. The molecule has 16 nitrogen and oxygen atoms in total. The van der Waals surface area contributed by atoms with Gasteiger partial charge in [0.2, 0.25) is 0 Å². The molecule has 348 valence electrons. The maximum absolute atomic E-state index is 13.0. The van der Waals surface area contributed by atoms with E-state index in [1.165, 1.54) is 0 Å². The van der Waals surface area contributed by atoms with Crippen LogP contribution in [0.5, 0.6) is 0 Å². The SMILES string of the molecule is CC1OC(=O)C[C@H](O)CCC[C@H](O)CC2(O)CC(O)[C@@H](C)C(C[C@@H](O[C@@H]3O[C@H](C)[C@@H](O)[C@H](N)[C@@H]3O)/C=C/C=C/C=C/C=C/C=C/C(C)[C@@H](OC3C[C@@H](O)[C@@H](O)[C@H](C)O3)C1C)O2. The second-order valence-electron chi connectivity index (χ2n) is 17.6. The molecule has 0 spiro atoms. The van der Waals surface area contributed by atoms with Gasteiger partial charge in [-0.3, -0.25) is 4.79 Å². The van der Waals surface area contributed by atoms with Crippen LogP contribution in [0, 0.1) is 17.8 Å². The van der Waals surface area contributed by atoms with Gasteiger partial charge < -0.3 is 75.0 Å². The normalized spacial score (nSPS) is 48.4. The number of carbonyl (C=O) groups excluding carboxylic acids is 1. The molecule has 0 radical (unpaired) electrons. The molecule has 7 unspecified atom stereocenters. The van der Waals surface area contributed by atoms with E-state index in [-0.39, 0.29) is 56.8 Å². The van der Waals surface area contributed by atoms with Crippen LogP contribution in [0.15, 0.2) is 60.8 Å². The van der Waals surface area contributed by atoms with Crippen LogP contribution in [-0.2, 0) is 33.2 Å². The lowest BCUT2D eigenvalue weighted by atomic mass is 9.84. The molecule has 4 aliphatic rings. The van der Waals surface area contributed by atoms with Crippen LogP contribution in [0.25, 0.3) is 0 Å². The fourth-order valence-corrected chi connectivity index (χ4v) is 8.27. The molecule has 4 rings (SSSR count). The predicted octanol–water partition coefficient (Wildman–Crippen LogP) is 1.94. The van der Waals surface area contributed by atoms with Crippen molar-refractivity contribution in [1.82, 2.24) is 0 Å². The molecule has 2 bridgehead atoms. The van der Waals surface area contributed by atoms with E-state index >= 15 is 0 Å². The van der Waals surface area contributed by atoms with Crippen LogP contribution in [0.1, 0.15) is 92.9 Å². The van der Waals surface area contributed by atoms with Crippen molar-refractivity contribution in [1.29, 1.82) is 0 Å². The van der Waals surface area contributed by atoms with Crippen molar-refractivity contribution >= 4 is 5.97 Å². The Morgan fingerprint density at radius 3 is 1.93 bits per heavy atom. The molecule has 0 amide bonds. The van der Waals surface area contributed by atoms with Crippen LogP contribution in [-0.4, -0.2) is 151 Å². The Morgan fingerprint density at radius 2 is 1.28 bits per heavy atom. The third kappa shape index (κ3) is 15.4. The van der Waals surface area contributed by atoms with Gasteiger partial charge >= 0.3 is 5.97 Å². The Balaban J connectivity index is 1.56. The monoisotopic (exact) mass is 867 g/mol. The Bertz CT molecular complexity index is 1480. The van der Waals surface area contributed by atoms with Crippen molar-refractivity contribution in [2.24, 2.45) is 23.5 Å². The third-order valence-corrected chi connectivity index (χ3v) is 12.4. The summed E-state index contributed by atoms with van der Waals surface area (Å²) < 4.78 is 36.2. The smallest absolute Gasteiger partial charge is 0.308 e. The Labute approximate surface area is 360 Å². The van der Waals surface area contributed by atoms with Gasteiger partial charge in [0.05, 0.1) is 73.5 Å². The molecule has 3 fully saturated rings. The molecule has 4 heterocycles. The van der Waals surface area contributed by atoms with Crippen LogP contribution in [0.2, 0.25) is 0 Å². The number of aliphatic hydroxyl groups excluding tert-OH is 7. The fraction of sp³-hybridized carbons (Fsp3) is 0.756. The topological polar surface area (TPSA) is 260 Å². The number of nitrogens with two attached hydrogens (primary N) is 1. The lowest BCUT2D eigenvalue weighted by Crippen LogP contribution is -2.61. The zero-order valence-corrected chi connectivity index (χ0v) is 36.4. The molecular formula is C45H73NO15. The molecular weight excluding hydrogens is 794 g/mol. The first-order valence-electron chi connectivity index (χ1n) is 21.9. The number of hydrogen-bond acceptors (Lipinski definition) is 16. The van der Waals surface area contributed by atoms with E-state index in [4.69, 9.17) is 34.2 Å². The molecule has 0 aliphatic carbocycles. The van der Waals surface area contributed by atoms with Crippen LogP contribution in [0.3, 0.4) is 0 Å². The van der Waals surface area contributed by atoms with Crippen LogP contribution >= 0.6 is 0 Å². The van der Waals surface area contributed by atoms with Crippen molar-refractivity contribution < 1.29 is 74.1 Å². The van der Waals surface area contributed by atoms with Crippen molar-refractivity contribution in [2.75, 3.05) is 0 Å². The summed E-state index contributed by atoms with van der Waals surface area (Å²) >= 11 is 0. The fourth-order valence-electron chi connectivity index (χ4n) is 8.27. The van der Waals surface area contributed by atoms with Crippen molar-refractivity contribution in [3.8, 4) is 0 Å². The van der Waals surface area contributed by atoms with Gasteiger partial charge in [0.1, 0.15) is 18.3 Å². The van der Waals surface area contributed by atoms with Crippen LogP contribution in [0.4, 0.5) is 0 Å². The molecule has 3 saturated heterocycles. The molecule has 0 saturated carbocycles. The van der Waals surface area contributed by atoms with Gasteiger partial charge in [0, 0.05) is 43.4 Å². The average Bonchev–Trinajstić information content (AvgIpc) is 3.18. The highest BCUT2D eigenvalue weighted by atomic mass is 16.7. The quantitative estimate of drug-likeness (QED) is 0.183. The number of carbonyl (C=O) groups is 1. The minimum absolute atomic E-state index is 0.0619. The van der Waals surface area contributed by atoms with E-state index in [9.17, 15) is 45.6 Å². The second kappa shape index (κ2) is 24.1. The second-order valence-corrected chi connectivity index (χ2v) is 17.6. The number of aliphatic hydroxyl groups is 8. The van der Waals surface area contributed by atoms with Crippen LogP contribution < -0.4 is 5.73 Å². The van der Waals surface area contributed by atoms with Crippen molar-refractivity contribution in [3.63, 3.8) is 0 Å². The number of hydrogen-bond donors (Lipinski definition) is 9. The van der Waals surface area contributed by atoms with Gasteiger partial charge in [-0.25, -0.2) is 0 Å². The molecule has 0 aromatic heterocycles. The van der Waals surface area contributed by atoms with E-state index < -0.39 is 116 Å². The molecule has 0 aromatic carbocycles. The summed E-state index contributed by atoms with van der Waals surface area (Å²) in [5.74, 6) is -3.52. The first kappa shape index (κ1) is 51.2. The number of fused-ring (bicyclic) bond motifs is 2. The van der Waals surface area contributed by atoms with Gasteiger partial charge in [-0.2, -0.15) is 0 Å². The summed E-state index contributed by atoms with van der Waals surface area (Å²) in [6.45, 7) is 10.7. The summed E-state index contributed by atoms with van der Waals surface area (Å²) in [5.41, 5.74) is 6.07. The minimum Gasteiger partial charge on any atom is -0.462 e. The van der Waals surface area contributed by atoms with Crippen molar-refractivity contribution in [2.45, 2.75) is 197 Å². The zero-order valence-electron chi connectivity index (χ0n) is 36.4. The lowest BCUT2D eigenvalue weighted by molar-refractivity contribution is -0.308. The highest BCUT2D eigenvalue weighted by Crippen LogP contribution is 2.38. The van der Waals surface area contributed by atoms with E-state index in [0.29, 0.717) is 6.42 Å². The Kier molecular flexibility index (Phi) is 20.2. The standard InChI is InChI=1S/C45H73NO15/c1-25-16-13-11-9-7-8-10-12-14-19-33(59-44-42(54)39(46)41(53)30(6)58-44)21-36-27(3)35(50)24-45(55,61-36)23-32(48)18-15-17-31(47)20-37(51)56-28(4)26(2)43(25)60-38-22-34(49)40(52)29(5)57-38/h7-14,16,19,25-36,38-44,47-50,52-55H,15,17-18,20-24,46H2,1-6H3/b8-7+,11-9+,12-10+,16-13+,19-14+/t25?,26?,27-,28?,29+,30-,31-,32+,33+,34-,35?,36?,38?,39+,40+,41-,42+,43-,44+,45?/m1/s1. The highest BCUT2D eigenvalue weighted by Gasteiger charge is 2.47. The van der Waals surface area contributed by atoms with E-state index in [1.54, 1.807) is 52.0 Å². The first-order chi connectivity index (χ1) is 28.8. The molecule has 10 N–H and O–H groups in total. The first-order valence-corrected chi connectivity index (χ1v) is 21.9. The summed E-state index contributed by atoms with van der Waals surface area (Å²) in [5, 5.41) is 86.1. The molecule has 4 aliphatic heterocycles. The maximum atomic E-state index is 13.0. The molecule has 20 atom stereocenters. The summed E-state index contributed by atoms with van der Waals surface area (Å²) in [4.78, 5) is 13.0. The average molecular weight is 868 g/mol. The van der Waals surface area contributed by atoms with E-state index in [1.807, 2.05) is 50.3 Å². The largest absolute Gasteiger partial charge is 0.462 e. The minimum atomic E-state index is -1.89. The van der Waals surface area contributed by atoms with Crippen molar-refractivity contribution in [3.05, 3.63) is 60.8 Å². The third-order valence-electron chi connectivity index (χ3n) is 12.4. The zero-order chi connectivity index (χ0) is 45.0. The van der Waals surface area contributed by atoms with Gasteiger partial charge in [0.25, 0.3) is 0 Å². The molecule has 16 heteroatoms. The maximum Gasteiger partial charge on any atom is 0.308 e. The number of esters is 1. The number of cyclic esters (lactones) is 1. The lowest BCUT2D eigenvalue weighted by Gasteiger charge is -2.45. The Morgan fingerprint density at radius 1 is 0.672 bits per heavy atom. The summed E-state index contributed by atoms with van der Waals surface area (Å²) in [6, 6.07) is -1.02.